The smallest absolute Gasteiger partial charge is 0.870 e. The predicted molar refractivity (Wildman–Crippen MR) is 66.6 cm³/mol. The van der Waals surface area contributed by atoms with Gasteiger partial charge < -0.3 is 39.9 Å². The molecule has 0 spiro atoms. The van der Waals surface area contributed by atoms with Gasteiger partial charge in [0.15, 0.2) is 0 Å². The van der Waals surface area contributed by atoms with Crippen molar-refractivity contribution in [2.24, 2.45) is 0 Å². The Bertz CT molecular complexity index is 127. The summed E-state index contributed by atoms with van der Waals surface area (Å²) in [5, 5.41) is 0. The molecule has 0 bridgehead atoms. The molecule has 0 aliphatic rings. The van der Waals surface area contributed by atoms with Crippen LogP contribution in [0.25, 0.3) is 6.15 Å². The molecule has 0 aromatic carbocycles. The van der Waals surface area contributed by atoms with Crippen LogP contribution < -0.4 is 4.89 Å². The maximum atomic E-state index is 10.4. The zero-order valence-corrected chi connectivity index (χ0v) is 17.2. The Labute approximate surface area is 132 Å². The van der Waals surface area contributed by atoms with Crippen LogP contribution in [-0.2, 0) is 50.2 Å². The van der Waals surface area contributed by atoms with Gasteiger partial charge in [-0.05, 0) is 13.8 Å². The molecule has 6 nitrogen and oxygen atoms in total. The molecular weight excluding hydrogens is 369 g/mol. The van der Waals surface area contributed by atoms with E-state index in [0.717, 1.165) is 0 Å². The number of hydrogen-bond donors (Lipinski definition) is 0. The molecule has 0 heterocycles. The van der Waals surface area contributed by atoms with Crippen LogP contribution in [0.3, 0.4) is 0 Å². The number of phosphoric ester groups is 1. The fraction of sp³-hybridized carbons (Fsp3) is 0.714. The Kier molecular flexibility index (Phi) is 109. The summed E-state index contributed by atoms with van der Waals surface area (Å²) in [6, 6.07) is 0. The van der Waals surface area contributed by atoms with Crippen LogP contribution in [0.4, 0.5) is 0 Å². The fourth-order valence-electron chi connectivity index (χ4n) is 0.353. The number of phosphoric acid groups is 1. The summed E-state index contributed by atoms with van der Waals surface area (Å²) < 4.78 is 18.9. The van der Waals surface area contributed by atoms with Crippen molar-refractivity contribution < 1.29 is 60.5 Å². The molecule has 0 radical (unpaired) electrons. The van der Waals surface area contributed by atoms with Gasteiger partial charge in [-0.3, -0.25) is 4.57 Å². The van der Waals surface area contributed by atoms with Crippen molar-refractivity contribution in [2.75, 3.05) is 13.2 Å². The Morgan fingerprint density at radius 3 is 1.47 bits per heavy atom. The standard InChI is InChI=1S/C4H11O4P.C2H5.CH3.Cu.H2N.H2O.H3P.Zn/c1-3-7-9(5,6)8-4-2;1-2;;;;;;/h3-4H2,1-2H3,(H,5,6);1H2,2H3;1H3;;2*1H2;1H3;/q;2*-1;+1;-1;;;+2/p-2. The number of hydrogen-bond acceptors (Lipinski definition) is 5. The minimum Gasteiger partial charge on any atom is -0.870 e. The third-order valence-electron chi connectivity index (χ3n) is 0.574. The first-order valence-corrected chi connectivity index (χ1v) is 4.89. The Balaban J connectivity index is -0.0000000160. The maximum absolute atomic E-state index is 10.4. The zero-order chi connectivity index (χ0) is 9.33. The molecule has 0 fully saturated rings. The molecule has 0 rings (SSSR count). The summed E-state index contributed by atoms with van der Waals surface area (Å²) >= 11 is 0. The second kappa shape index (κ2) is 36.0. The average Bonchev–Trinajstić information content (AvgIpc) is 1.91. The van der Waals surface area contributed by atoms with E-state index in [1.807, 2.05) is 0 Å². The summed E-state index contributed by atoms with van der Waals surface area (Å²) in [6.45, 7) is 8.43. The van der Waals surface area contributed by atoms with Crippen LogP contribution >= 0.6 is 17.7 Å². The second-order valence-corrected chi connectivity index (χ2v) is 2.69. The summed E-state index contributed by atoms with van der Waals surface area (Å²) in [5.41, 5.74) is 0. The maximum Gasteiger partial charge on any atom is 2.00 e. The summed E-state index contributed by atoms with van der Waals surface area (Å²) in [7, 11) is -3.94. The van der Waals surface area contributed by atoms with Crippen molar-refractivity contribution in [1.29, 1.82) is 0 Å². The van der Waals surface area contributed by atoms with Crippen LogP contribution in [0, 0.1) is 14.4 Å². The molecule has 0 saturated carbocycles. The van der Waals surface area contributed by atoms with E-state index in [0.29, 0.717) is 0 Å². The first-order chi connectivity index (χ1) is 5.12. The van der Waals surface area contributed by atoms with Crippen molar-refractivity contribution in [3.63, 3.8) is 0 Å². The number of rotatable bonds is 4. The zero-order valence-electron chi connectivity index (χ0n) is 10.9. The Morgan fingerprint density at radius 2 is 1.35 bits per heavy atom. The van der Waals surface area contributed by atoms with E-state index < -0.39 is 7.82 Å². The van der Waals surface area contributed by atoms with Crippen LogP contribution in [0.2, 0.25) is 0 Å². The summed E-state index contributed by atoms with van der Waals surface area (Å²) in [4.78, 5) is 10.4. The van der Waals surface area contributed by atoms with E-state index in [1.54, 1.807) is 20.8 Å². The molecule has 1 unspecified atom stereocenters. The molecule has 0 aliphatic heterocycles. The molecule has 112 valence electrons. The minimum absolute atomic E-state index is 0. The average molecular weight is 393 g/mol. The van der Waals surface area contributed by atoms with E-state index in [-0.39, 0.29) is 78.7 Å². The third kappa shape index (κ3) is 46.5. The molecule has 0 saturated heterocycles. The van der Waals surface area contributed by atoms with Crippen molar-refractivity contribution >= 4 is 17.7 Å². The van der Waals surface area contributed by atoms with Gasteiger partial charge in [0.1, 0.15) is 0 Å². The SMILES string of the molecule is CCOP(=O)([O-])OCC.P.[CH2-]C.[CH3-].[Cu+].[NH2-].[OH-].[Zn+2]. The monoisotopic (exact) mass is 391 g/mol. The molecule has 0 amide bonds. The first-order valence-electron chi connectivity index (χ1n) is 3.43. The Hall–Kier alpha value is 1.60. The minimum atomic E-state index is -3.94. The third-order valence-corrected chi connectivity index (χ3v) is 1.72. The van der Waals surface area contributed by atoms with Gasteiger partial charge in [0, 0.05) is 0 Å². The van der Waals surface area contributed by atoms with E-state index in [4.69, 9.17) is 0 Å². The molecule has 0 aliphatic carbocycles. The van der Waals surface area contributed by atoms with Crippen molar-refractivity contribution in [1.82, 2.24) is 0 Å². The van der Waals surface area contributed by atoms with Gasteiger partial charge in [-0.25, -0.2) is 0 Å². The van der Waals surface area contributed by atoms with Crippen molar-refractivity contribution in [2.45, 2.75) is 20.8 Å². The topological polar surface area (TPSA) is 122 Å². The van der Waals surface area contributed by atoms with Gasteiger partial charge in [0.05, 0.1) is 13.2 Å². The molecule has 10 heteroatoms. The van der Waals surface area contributed by atoms with Crippen molar-refractivity contribution in [3.8, 4) is 0 Å². The second-order valence-electron chi connectivity index (χ2n) is 1.28. The largest absolute Gasteiger partial charge is 2.00 e. The van der Waals surface area contributed by atoms with Crippen LogP contribution in [-0.4, -0.2) is 18.7 Å². The quantitative estimate of drug-likeness (QED) is 0.412. The summed E-state index contributed by atoms with van der Waals surface area (Å²) in [6.07, 6.45) is 0. The van der Waals surface area contributed by atoms with Crippen LogP contribution in [0.5, 0.6) is 0 Å². The van der Waals surface area contributed by atoms with E-state index in [9.17, 15) is 9.46 Å². The van der Waals surface area contributed by atoms with Gasteiger partial charge in [-0.15, -0.1) is 0 Å². The van der Waals surface area contributed by atoms with Crippen LogP contribution in [0.1, 0.15) is 20.8 Å². The van der Waals surface area contributed by atoms with Gasteiger partial charge in [-0.2, -0.15) is 16.8 Å². The normalized spacial score (nSPS) is 6.65. The van der Waals surface area contributed by atoms with Crippen molar-refractivity contribution in [3.05, 3.63) is 20.5 Å². The first kappa shape index (κ1) is 51.3. The number of nitrogens with two attached hydrogens (primary N) is 1. The van der Waals surface area contributed by atoms with E-state index in [2.05, 4.69) is 16.0 Å². The molecule has 0 aromatic rings. The molecular formula is C7H24CuNO5P2Zn-2. The fourth-order valence-corrected chi connectivity index (χ4v) is 1.06. The van der Waals surface area contributed by atoms with Gasteiger partial charge in [-0.1, -0.05) is 0 Å². The summed E-state index contributed by atoms with van der Waals surface area (Å²) in [5.74, 6) is 0. The molecule has 1 atom stereocenters. The Morgan fingerprint density at radius 1 is 1.18 bits per heavy atom. The van der Waals surface area contributed by atoms with Gasteiger partial charge in [0.2, 0.25) is 0 Å². The molecule has 17 heavy (non-hydrogen) atoms. The van der Waals surface area contributed by atoms with Gasteiger partial charge >= 0.3 is 36.5 Å². The molecule has 0 aromatic heterocycles. The van der Waals surface area contributed by atoms with Crippen LogP contribution in [0.15, 0.2) is 0 Å². The van der Waals surface area contributed by atoms with Gasteiger partial charge in [0.25, 0.3) is 7.82 Å². The van der Waals surface area contributed by atoms with E-state index >= 15 is 0 Å². The van der Waals surface area contributed by atoms with E-state index in [1.165, 1.54) is 0 Å². The molecule has 3 N–H and O–H groups in total. The predicted octanol–water partition coefficient (Wildman–Crippen LogP) is 2.41.